The average molecular weight is 932 g/mol. The number of phenolic OH excluding ortho intramolecular Hbond substituents is 2. The fourth-order valence-corrected chi connectivity index (χ4v) is 8.46. The van der Waals surface area contributed by atoms with Gasteiger partial charge in [0.05, 0.1) is 18.5 Å². The Morgan fingerprint density at radius 1 is 0.581 bits per heavy atom. The van der Waals surface area contributed by atoms with E-state index in [2.05, 4.69) is 30.8 Å². The van der Waals surface area contributed by atoms with Gasteiger partial charge in [0.25, 0.3) is 40.5 Å². The Labute approximate surface area is 350 Å². The lowest BCUT2D eigenvalue weighted by Crippen LogP contribution is -2.04. The number of fused-ring (bicyclic) bond motifs is 2. The van der Waals surface area contributed by atoms with E-state index in [1.54, 1.807) is 0 Å². The maximum atomic E-state index is 12.6. The molecule has 0 aliphatic heterocycles. The van der Waals surface area contributed by atoms with Gasteiger partial charge in [0.15, 0.2) is 17.4 Å². The number of aliphatic hydroxyl groups excluding tert-OH is 1. The Kier molecular flexibility index (Phi) is 11.7. The molecule has 10 N–H and O–H groups in total. The van der Waals surface area contributed by atoms with Crippen molar-refractivity contribution in [3.63, 3.8) is 0 Å². The molecular formula is C35H29N7O16S4. The lowest BCUT2D eigenvalue weighted by Gasteiger charge is -2.13. The van der Waals surface area contributed by atoms with Crippen LogP contribution in [0.15, 0.2) is 124 Å². The van der Waals surface area contributed by atoms with E-state index in [-0.39, 0.29) is 50.2 Å². The number of hydrogen-bond acceptors (Lipinski definition) is 18. The number of aliphatic imine (C=N–C) groups is 1. The molecule has 0 atom stereocenters. The molecule has 62 heavy (non-hydrogen) atoms. The molecule has 0 saturated heterocycles. The summed E-state index contributed by atoms with van der Waals surface area (Å²) in [5, 5.41) is 49.5. The van der Waals surface area contributed by atoms with Gasteiger partial charge in [0.2, 0.25) is 0 Å². The van der Waals surface area contributed by atoms with Gasteiger partial charge in [-0.2, -0.15) is 33.7 Å². The number of benzene rings is 6. The van der Waals surface area contributed by atoms with Crippen molar-refractivity contribution >= 4 is 113 Å². The predicted octanol–water partition coefficient (Wildman–Crippen LogP) is 7.16. The van der Waals surface area contributed by atoms with Crippen LogP contribution in [0.4, 0.5) is 45.5 Å². The van der Waals surface area contributed by atoms with Crippen LogP contribution in [0.3, 0.4) is 0 Å². The molecule has 0 aromatic heterocycles. The minimum Gasteiger partial charge on any atom is -0.505 e. The summed E-state index contributed by atoms with van der Waals surface area (Å²) in [4.78, 5) is 0.189. The van der Waals surface area contributed by atoms with E-state index >= 15 is 0 Å². The second-order valence-electron chi connectivity index (χ2n) is 12.8. The second-order valence-corrected chi connectivity index (χ2v) is 18.4. The fourth-order valence-electron chi connectivity index (χ4n) is 5.88. The quantitative estimate of drug-likeness (QED) is 0.0193. The SMILES string of the molecule is COc1cc(N=Nc2c(S(=O)(=O)O)cc3cc(Nc4ccc(N)c(S(=O)(=O)O)c4)ccc3c2O)c(S(=O)(=O)O)cc1N=Nc1c(S(=O)(=O)O)cc2ccc(N=C(C)O)cc2c1O. The van der Waals surface area contributed by atoms with Crippen molar-refractivity contribution in [2.75, 3.05) is 18.2 Å². The summed E-state index contributed by atoms with van der Waals surface area (Å²) in [6, 6.07) is 14.7. The van der Waals surface area contributed by atoms with Crippen molar-refractivity contribution in [2.45, 2.75) is 26.5 Å². The van der Waals surface area contributed by atoms with Crippen LogP contribution in [0.25, 0.3) is 21.5 Å². The van der Waals surface area contributed by atoms with Crippen LogP contribution in [-0.4, -0.2) is 80.2 Å². The molecule has 0 aliphatic carbocycles. The zero-order valence-electron chi connectivity index (χ0n) is 31.3. The highest BCUT2D eigenvalue weighted by Gasteiger charge is 2.26. The topological polar surface area (TPSA) is 387 Å². The van der Waals surface area contributed by atoms with E-state index in [9.17, 15) is 67.2 Å². The third-order valence-corrected chi connectivity index (χ3v) is 12.1. The first-order valence-electron chi connectivity index (χ1n) is 16.7. The number of aromatic hydroxyl groups is 2. The molecule has 0 aliphatic rings. The molecule has 0 heterocycles. The number of ether oxygens (including phenoxy) is 1. The predicted molar refractivity (Wildman–Crippen MR) is 221 cm³/mol. The summed E-state index contributed by atoms with van der Waals surface area (Å²) in [7, 11) is -19.3. The number of nitrogens with one attached hydrogen (secondary N) is 1. The maximum absolute atomic E-state index is 12.6. The number of aliphatic hydroxyl groups is 1. The number of azo groups is 2. The van der Waals surface area contributed by atoms with Crippen molar-refractivity contribution < 1.29 is 71.9 Å². The molecule has 324 valence electrons. The van der Waals surface area contributed by atoms with E-state index in [0.717, 1.165) is 31.4 Å². The first kappa shape index (κ1) is 44.7. The lowest BCUT2D eigenvalue weighted by molar-refractivity contribution is 0.415. The third kappa shape index (κ3) is 9.38. The minimum atomic E-state index is -5.30. The number of anilines is 3. The first-order chi connectivity index (χ1) is 28.8. The van der Waals surface area contributed by atoms with E-state index in [4.69, 9.17) is 10.5 Å². The van der Waals surface area contributed by atoms with Crippen LogP contribution in [0.1, 0.15) is 6.92 Å². The first-order valence-corrected chi connectivity index (χ1v) is 22.5. The molecule has 0 spiro atoms. The Hall–Kier alpha value is -6.85. The van der Waals surface area contributed by atoms with Crippen LogP contribution < -0.4 is 15.8 Å². The molecule has 0 unspecified atom stereocenters. The van der Waals surface area contributed by atoms with Crippen LogP contribution in [0, 0.1) is 0 Å². The highest BCUT2D eigenvalue weighted by atomic mass is 32.2. The monoisotopic (exact) mass is 931 g/mol. The summed E-state index contributed by atoms with van der Waals surface area (Å²) < 4.78 is 143. The Morgan fingerprint density at radius 2 is 1.11 bits per heavy atom. The van der Waals surface area contributed by atoms with Crippen LogP contribution >= 0.6 is 0 Å². The van der Waals surface area contributed by atoms with Crippen molar-refractivity contribution in [3.05, 3.63) is 78.9 Å². The normalized spacial score (nSPS) is 13.1. The van der Waals surface area contributed by atoms with Gasteiger partial charge < -0.3 is 31.1 Å². The molecule has 23 nitrogen and oxygen atoms in total. The number of rotatable bonds is 12. The number of nitrogen functional groups attached to an aromatic ring is 1. The Bertz CT molecular complexity index is 3430. The number of phenols is 2. The molecule has 0 saturated carbocycles. The van der Waals surface area contributed by atoms with Crippen molar-refractivity contribution in [2.24, 2.45) is 25.4 Å². The second kappa shape index (κ2) is 16.2. The molecule has 27 heteroatoms. The van der Waals surface area contributed by atoms with Crippen molar-refractivity contribution in [1.29, 1.82) is 0 Å². The number of nitrogens with two attached hydrogens (primary N) is 1. The highest BCUT2D eigenvalue weighted by molar-refractivity contribution is 7.86. The summed E-state index contributed by atoms with van der Waals surface area (Å²) in [6.07, 6.45) is 0. The standard InChI is InChI=1S/C35H29N7O16S4/c1-16(43)37-20-4-3-17-10-30(61(52,53)54)33(35(45)23(17)12-20)41-39-25-15-29(60(49,50)51)26(14-27(25)58-2)40-42-32-31(62(55,56)57)11-18-9-19(5-7-22(18)34(32)44)38-21-6-8-24(36)28(13-21)59(46,47)48/h3-15,38,44-45H,36H2,1-2H3,(H,37,43)(H,46,47,48)(H,49,50,51)(H,52,53,54)(H,55,56,57). The van der Waals surface area contributed by atoms with Gasteiger partial charge in [-0.3, -0.25) is 18.2 Å². The molecule has 6 aromatic carbocycles. The molecule has 0 radical (unpaired) electrons. The van der Waals surface area contributed by atoms with Gasteiger partial charge in [0, 0.05) is 35.1 Å². The Morgan fingerprint density at radius 3 is 1.68 bits per heavy atom. The summed E-state index contributed by atoms with van der Waals surface area (Å²) >= 11 is 0. The molecular weight excluding hydrogens is 903 g/mol. The zero-order chi connectivity index (χ0) is 45.7. The average Bonchev–Trinajstić information content (AvgIpc) is 3.16. The van der Waals surface area contributed by atoms with Gasteiger partial charge in [0.1, 0.15) is 48.1 Å². The number of methoxy groups -OCH3 is 1. The van der Waals surface area contributed by atoms with E-state index < -0.39 is 100 Å². The van der Waals surface area contributed by atoms with Crippen LogP contribution in [0.5, 0.6) is 17.2 Å². The van der Waals surface area contributed by atoms with E-state index in [0.29, 0.717) is 6.07 Å². The van der Waals surface area contributed by atoms with Gasteiger partial charge in [-0.25, -0.2) is 4.99 Å². The largest absolute Gasteiger partial charge is 0.505 e. The van der Waals surface area contributed by atoms with Crippen molar-refractivity contribution in [3.8, 4) is 17.2 Å². The lowest BCUT2D eigenvalue weighted by atomic mass is 10.1. The molecule has 0 amide bonds. The molecule has 6 aromatic rings. The van der Waals surface area contributed by atoms with Crippen LogP contribution in [-0.2, 0) is 40.5 Å². The smallest absolute Gasteiger partial charge is 0.296 e. The maximum Gasteiger partial charge on any atom is 0.296 e. The summed E-state index contributed by atoms with van der Waals surface area (Å²) in [5.41, 5.74) is 2.73. The zero-order valence-corrected chi connectivity index (χ0v) is 34.5. The van der Waals surface area contributed by atoms with Gasteiger partial charge >= 0.3 is 0 Å². The van der Waals surface area contributed by atoms with Gasteiger partial charge in [-0.15, -0.1) is 20.5 Å². The van der Waals surface area contributed by atoms with Crippen LogP contribution in [0.2, 0.25) is 0 Å². The van der Waals surface area contributed by atoms with E-state index in [1.165, 1.54) is 55.5 Å². The number of nitrogens with zero attached hydrogens (tertiary/aromatic N) is 5. The molecule has 0 bridgehead atoms. The Balaban J connectivity index is 1.45. The van der Waals surface area contributed by atoms with Gasteiger partial charge in [-0.05, 0) is 77.5 Å². The third-order valence-electron chi connectivity index (χ3n) is 8.57. The van der Waals surface area contributed by atoms with Crippen molar-refractivity contribution in [1.82, 2.24) is 0 Å². The number of hydrogen-bond donors (Lipinski definition) is 9. The summed E-state index contributed by atoms with van der Waals surface area (Å²) in [6.45, 7) is 1.27. The molecule has 6 rings (SSSR count). The fraction of sp³-hybridized carbons (Fsp3) is 0.0571. The van der Waals surface area contributed by atoms with E-state index in [1.807, 2.05) is 0 Å². The highest BCUT2D eigenvalue weighted by Crippen LogP contribution is 2.46. The minimum absolute atomic E-state index is 0.0386. The van der Waals surface area contributed by atoms with Gasteiger partial charge in [-0.1, -0.05) is 6.07 Å². The summed E-state index contributed by atoms with van der Waals surface area (Å²) in [5.74, 6) is -2.49. The molecule has 0 fully saturated rings.